The Morgan fingerprint density at radius 2 is 2.08 bits per heavy atom. The largest absolute Gasteiger partial charge is 0.381 e. The monoisotopic (exact) mass is 406 g/mol. The molecule has 1 saturated heterocycles. The molecule has 1 aromatic carbocycles. The Morgan fingerprint density at radius 1 is 1.27 bits per heavy atom. The van der Waals surface area contributed by atoms with E-state index in [1.807, 2.05) is 11.3 Å². The summed E-state index contributed by atoms with van der Waals surface area (Å²) in [7, 11) is 1.77. The molecule has 1 fully saturated rings. The average Bonchev–Trinajstić information content (AvgIpc) is 3.26. The molecule has 7 heteroatoms. The molecule has 0 spiro atoms. The minimum Gasteiger partial charge on any atom is -0.381 e. The van der Waals surface area contributed by atoms with Gasteiger partial charge in [-0.05, 0) is 42.8 Å². The van der Waals surface area contributed by atoms with E-state index in [0.717, 1.165) is 36.9 Å². The van der Waals surface area contributed by atoms with Crippen molar-refractivity contribution in [3.8, 4) is 0 Å². The van der Waals surface area contributed by atoms with Crippen LogP contribution in [0.4, 0.5) is 5.13 Å². The van der Waals surface area contributed by atoms with E-state index in [4.69, 9.17) is 14.5 Å². The fraction of sp³-hybridized carbons (Fsp3) is 0.421. The van der Waals surface area contributed by atoms with Gasteiger partial charge in [0.15, 0.2) is 5.13 Å². The summed E-state index contributed by atoms with van der Waals surface area (Å²) < 4.78 is 17.4. The second-order valence-corrected chi connectivity index (χ2v) is 9.55. The van der Waals surface area contributed by atoms with Gasteiger partial charge in [-0.2, -0.15) is 0 Å². The van der Waals surface area contributed by atoms with E-state index in [0.29, 0.717) is 0 Å². The predicted octanol–water partition coefficient (Wildman–Crippen LogP) is 5.75. The van der Waals surface area contributed by atoms with Gasteiger partial charge in [-0.15, -0.1) is 22.7 Å². The summed E-state index contributed by atoms with van der Waals surface area (Å²) in [5.74, 6) is 0. The number of methoxy groups -OCH3 is 1. The number of benzene rings is 1. The maximum absolute atomic E-state index is 5.84. The van der Waals surface area contributed by atoms with Gasteiger partial charge in [-0.3, -0.25) is 0 Å². The second-order valence-electron chi connectivity index (χ2n) is 6.57. The molecule has 2 aromatic heterocycles. The van der Waals surface area contributed by atoms with Gasteiger partial charge >= 0.3 is 0 Å². The highest BCUT2D eigenvalue weighted by molar-refractivity contribution is 8.02. The van der Waals surface area contributed by atoms with Crippen LogP contribution < -0.4 is 4.72 Å². The molecule has 138 valence electrons. The predicted molar refractivity (Wildman–Crippen MR) is 112 cm³/mol. The summed E-state index contributed by atoms with van der Waals surface area (Å²) >= 11 is 5.11. The first-order valence-electron chi connectivity index (χ1n) is 8.63. The molecule has 0 aliphatic carbocycles. The standard InChI is InChI=1S/C19H22N2O2S3/c1-12-4-5-15-14(10-12)13(2)17(25-15)26-21-18-20-16(11-24-18)19(22-3)6-8-23-9-7-19/h4-5,10-11H,6-9H2,1-3H3,(H,20,21). The van der Waals surface area contributed by atoms with E-state index >= 15 is 0 Å². The van der Waals surface area contributed by atoms with Gasteiger partial charge in [0.2, 0.25) is 0 Å². The summed E-state index contributed by atoms with van der Waals surface area (Å²) in [5.41, 5.74) is 3.35. The van der Waals surface area contributed by atoms with Crippen molar-refractivity contribution in [3.05, 3.63) is 40.4 Å². The molecule has 0 amide bonds. The van der Waals surface area contributed by atoms with Crippen molar-refractivity contribution in [1.82, 2.24) is 4.98 Å². The first-order chi connectivity index (χ1) is 12.6. The molecule has 3 heterocycles. The van der Waals surface area contributed by atoms with Crippen molar-refractivity contribution in [2.75, 3.05) is 25.0 Å². The van der Waals surface area contributed by atoms with Crippen LogP contribution in [0.1, 0.15) is 29.7 Å². The highest BCUT2D eigenvalue weighted by atomic mass is 32.2. The molecule has 1 aliphatic rings. The summed E-state index contributed by atoms with van der Waals surface area (Å²) in [6.45, 7) is 5.78. The number of fused-ring (bicyclic) bond motifs is 1. The molecule has 0 unspecified atom stereocenters. The van der Waals surface area contributed by atoms with Crippen LogP contribution in [0.3, 0.4) is 0 Å². The zero-order chi connectivity index (χ0) is 18.1. The molecule has 1 N–H and O–H groups in total. The molecular weight excluding hydrogens is 384 g/mol. The van der Waals surface area contributed by atoms with Crippen molar-refractivity contribution in [3.63, 3.8) is 0 Å². The van der Waals surface area contributed by atoms with Crippen molar-refractivity contribution in [1.29, 1.82) is 0 Å². The fourth-order valence-electron chi connectivity index (χ4n) is 3.30. The second kappa shape index (κ2) is 7.48. The highest BCUT2D eigenvalue weighted by Crippen LogP contribution is 2.40. The van der Waals surface area contributed by atoms with Gasteiger partial charge in [-0.1, -0.05) is 17.7 Å². The van der Waals surface area contributed by atoms with Crippen LogP contribution in [-0.4, -0.2) is 25.3 Å². The Labute approximate surface area is 166 Å². The number of anilines is 1. The van der Waals surface area contributed by atoms with E-state index < -0.39 is 0 Å². The summed E-state index contributed by atoms with van der Waals surface area (Å²) in [6, 6.07) is 6.65. The number of nitrogens with zero attached hydrogens (tertiary/aromatic N) is 1. The van der Waals surface area contributed by atoms with Gasteiger partial charge in [0.1, 0.15) is 5.60 Å². The summed E-state index contributed by atoms with van der Waals surface area (Å²) in [6.07, 6.45) is 1.71. The van der Waals surface area contributed by atoms with Crippen LogP contribution in [-0.2, 0) is 15.1 Å². The quantitative estimate of drug-likeness (QED) is 0.547. The number of aryl methyl sites for hydroxylation is 2. The number of thiophene rings is 1. The molecular formula is C19H22N2O2S3. The molecule has 26 heavy (non-hydrogen) atoms. The molecule has 4 nitrogen and oxygen atoms in total. The number of nitrogens with one attached hydrogen (secondary N) is 1. The highest BCUT2D eigenvalue weighted by Gasteiger charge is 2.36. The lowest BCUT2D eigenvalue weighted by Crippen LogP contribution is -2.35. The number of hydrogen-bond acceptors (Lipinski definition) is 7. The number of rotatable bonds is 5. The molecule has 3 aromatic rings. The number of aromatic nitrogens is 1. The Morgan fingerprint density at radius 3 is 2.85 bits per heavy atom. The molecule has 0 bridgehead atoms. The van der Waals surface area contributed by atoms with Gasteiger partial charge < -0.3 is 14.2 Å². The molecule has 4 rings (SSSR count). The maximum atomic E-state index is 5.84. The minimum atomic E-state index is -0.301. The summed E-state index contributed by atoms with van der Waals surface area (Å²) in [4.78, 5) is 4.80. The normalized spacial score (nSPS) is 16.9. The Kier molecular flexibility index (Phi) is 5.25. The van der Waals surface area contributed by atoms with Gasteiger partial charge in [0, 0.05) is 43.2 Å². The van der Waals surface area contributed by atoms with Crippen molar-refractivity contribution < 1.29 is 9.47 Å². The number of ether oxygens (including phenoxy) is 2. The van der Waals surface area contributed by atoms with E-state index in [-0.39, 0.29) is 5.60 Å². The van der Waals surface area contributed by atoms with Crippen molar-refractivity contribution >= 4 is 49.8 Å². The van der Waals surface area contributed by atoms with Crippen LogP contribution in [0.15, 0.2) is 27.8 Å². The lowest BCUT2D eigenvalue weighted by Gasteiger charge is -2.34. The van der Waals surface area contributed by atoms with Gasteiger partial charge in [-0.25, -0.2) is 4.98 Å². The van der Waals surface area contributed by atoms with E-state index in [9.17, 15) is 0 Å². The third-order valence-corrected chi connectivity index (χ3v) is 8.18. The van der Waals surface area contributed by atoms with Crippen molar-refractivity contribution in [2.24, 2.45) is 0 Å². The van der Waals surface area contributed by atoms with E-state index in [2.05, 4.69) is 42.1 Å². The van der Waals surface area contributed by atoms with Gasteiger partial charge in [0.25, 0.3) is 0 Å². The summed E-state index contributed by atoms with van der Waals surface area (Å²) in [5, 5.41) is 4.37. The third-order valence-electron chi connectivity index (χ3n) is 4.94. The van der Waals surface area contributed by atoms with Crippen LogP contribution in [0.5, 0.6) is 0 Å². The fourth-order valence-corrected chi connectivity index (χ4v) is 6.23. The number of hydrogen-bond donors (Lipinski definition) is 1. The van der Waals surface area contributed by atoms with Crippen LogP contribution in [0.2, 0.25) is 0 Å². The zero-order valence-electron chi connectivity index (χ0n) is 15.1. The Balaban J connectivity index is 1.51. The van der Waals surface area contributed by atoms with Gasteiger partial charge in [0.05, 0.1) is 9.90 Å². The molecule has 1 aliphatic heterocycles. The third kappa shape index (κ3) is 3.39. The molecule has 0 radical (unpaired) electrons. The zero-order valence-corrected chi connectivity index (χ0v) is 17.6. The van der Waals surface area contributed by atoms with E-state index in [1.54, 1.807) is 30.4 Å². The smallest absolute Gasteiger partial charge is 0.193 e. The molecule has 0 atom stereocenters. The minimum absolute atomic E-state index is 0.301. The van der Waals surface area contributed by atoms with Crippen LogP contribution in [0, 0.1) is 13.8 Å². The van der Waals surface area contributed by atoms with Crippen LogP contribution in [0.25, 0.3) is 10.1 Å². The first-order valence-corrected chi connectivity index (χ1v) is 11.1. The average molecular weight is 407 g/mol. The SMILES string of the molecule is COC1(c2csc(NSc3sc4ccc(C)cc4c3C)n2)CCOCC1. The topological polar surface area (TPSA) is 43.4 Å². The number of thiazole rings is 1. The van der Waals surface area contributed by atoms with Crippen molar-refractivity contribution in [2.45, 2.75) is 36.5 Å². The Hall–Kier alpha value is -1.12. The lowest BCUT2D eigenvalue weighted by molar-refractivity contribution is -0.0969. The van der Waals surface area contributed by atoms with E-state index in [1.165, 1.54) is 25.4 Å². The Bertz CT molecular complexity index is 913. The lowest BCUT2D eigenvalue weighted by atomic mass is 9.91. The first kappa shape index (κ1) is 18.3. The molecule has 0 saturated carbocycles. The maximum Gasteiger partial charge on any atom is 0.193 e. The van der Waals surface area contributed by atoms with Crippen LogP contribution >= 0.6 is 34.6 Å².